The van der Waals surface area contributed by atoms with Crippen LogP contribution in [0.4, 0.5) is 8.78 Å². The van der Waals surface area contributed by atoms with Crippen LogP contribution >= 0.6 is 0 Å². The van der Waals surface area contributed by atoms with Crippen molar-refractivity contribution >= 4 is 5.91 Å². The van der Waals surface area contributed by atoms with Crippen LogP contribution in [0.5, 0.6) is 0 Å². The largest absolute Gasteiger partial charge is 0.337 e. The number of hydrogen-bond donors (Lipinski definition) is 0. The highest BCUT2D eigenvalue weighted by Crippen LogP contribution is 2.28. The summed E-state index contributed by atoms with van der Waals surface area (Å²) >= 11 is 0. The van der Waals surface area contributed by atoms with Crippen molar-refractivity contribution in [3.63, 3.8) is 0 Å². The lowest BCUT2D eigenvalue weighted by molar-refractivity contribution is -0.0495. The first kappa shape index (κ1) is 11.0. The van der Waals surface area contributed by atoms with Crippen LogP contribution in [0.2, 0.25) is 0 Å². The minimum atomic E-state index is -2.64. The summed E-state index contributed by atoms with van der Waals surface area (Å²) in [6.07, 6.45) is 0.924. The van der Waals surface area contributed by atoms with E-state index < -0.39 is 5.92 Å². The molecule has 1 aromatic heterocycles. The molecule has 1 aliphatic heterocycles. The van der Waals surface area contributed by atoms with E-state index in [1.54, 1.807) is 7.05 Å². The third kappa shape index (κ3) is 2.17. The van der Waals surface area contributed by atoms with Gasteiger partial charge in [0.1, 0.15) is 0 Å². The maximum atomic E-state index is 12.9. The zero-order valence-electron chi connectivity index (χ0n) is 8.86. The van der Waals surface area contributed by atoms with Gasteiger partial charge in [0.2, 0.25) is 0 Å². The SMILES string of the molecule is Cn1cc(C(=O)N2CCC(F)(F)CC2)nn1. The molecule has 0 bridgehead atoms. The highest BCUT2D eigenvalue weighted by atomic mass is 19.3. The molecule has 0 aromatic carbocycles. The van der Waals surface area contributed by atoms with Crippen molar-refractivity contribution in [3.8, 4) is 0 Å². The minimum Gasteiger partial charge on any atom is -0.337 e. The quantitative estimate of drug-likeness (QED) is 0.713. The van der Waals surface area contributed by atoms with Gasteiger partial charge in [0.25, 0.3) is 11.8 Å². The zero-order chi connectivity index (χ0) is 11.8. The van der Waals surface area contributed by atoms with Gasteiger partial charge in [-0.1, -0.05) is 5.21 Å². The molecule has 1 aliphatic rings. The average Bonchev–Trinajstić information content (AvgIpc) is 2.64. The molecular formula is C9H12F2N4O. The van der Waals surface area contributed by atoms with Crippen LogP contribution in [0.25, 0.3) is 0 Å². The van der Waals surface area contributed by atoms with E-state index in [1.165, 1.54) is 15.8 Å². The lowest BCUT2D eigenvalue weighted by atomic mass is 10.1. The van der Waals surface area contributed by atoms with Gasteiger partial charge in [-0.05, 0) is 0 Å². The van der Waals surface area contributed by atoms with Crippen molar-refractivity contribution in [2.24, 2.45) is 7.05 Å². The summed E-state index contributed by atoms with van der Waals surface area (Å²) in [5.41, 5.74) is 0.202. The predicted octanol–water partition coefficient (Wildman–Crippen LogP) is 0.686. The van der Waals surface area contributed by atoms with Gasteiger partial charge in [-0.25, -0.2) is 8.78 Å². The molecule has 16 heavy (non-hydrogen) atoms. The highest BCUT2D eigenvalue weighted by Gasteiger charge is 2.36. The van der Waals surface area contributed by atoms with E-state index in [4.69, 9.17) is 0 Å². The third-order valence-corrected chi connectivity index (χ3v) is 2.60. The van der Waals surface area contributed by atoms with Crippen LogP contribution in [0.3, 0.4) is 0 Å². The first-order valence-corrected chi connectivity index (χ1v) is 5.01. The topological polar surface area (TPSA) is 51.0 Å². The van der Waals surface area contributed by atoms with Crippen molar-refractivity contribution in [2.45, 2.75) is 18.8 Å². The van der Waals surface area contributed by atoms with E-state index in [9.17, 15) is 13.6 Å². The number of aryl methyl sites for hydroxylation is 1. The van der Waals surface area contributed by atoms with Crippen LogP contribution in [0, 0.1) is 0 Å². The number of nitrogens with zero attached hydrogens (tertiary/aromatic N) is 4. The number of aromatic nitrogens is 3. The Kier molecular flexibility index (Phi) is 2.61. The molecule has 1 fully saturated rings. The Balaban J connectivity index is 2.02. The van der Waals surface area contributed by atoms with Crippen LogP contribution in [0.15, 0.2) is 6.20 Å². The maximum absolute atomic E-state index is 12.9. The zero-order valence-corrected chi connectivity index (χ0v) is 8.86. The van der Waals surface area contributed by atoms with E-state index in [0.29, 0.717) is 0 Å². The molecule has 2 rings (SSSR count). The summed E-state index contributed by atoms with van der Waals surface area (Å²) in [4.78, 5) is 13.2. The fourth-order valence-electron chi connectivity index (χ4n) is 1.64. The smallest absolute Gasteiger partial charge is 0.276 e. The summed E-state index contributed by atoms with van der Waals surface area (Å²) < 4.78 is 27.2. The Labute approximate surface area is 91.0 Å². The Bertz CT molecular complexity index is 394. The maximum Gasteiger partial charge on any atom is 0.276 e. The van der Waals surface area contributed by atoms with Crippen molar-refractivity contribution in [1.29, 1.82) is 0 Å². The molecule has 0 saturated carbocycles. The molecule has 0 unspecified atom stereocenters. The van der Waals surface area contributed by atoms with E-state index >= 15 is 0 Å². The molecule has 7 heteroatoms. The number of amides is 1. The second kappa shape index (κ2) is 3.80. The molecule has 5 nitrogen and oxygen atoms in total. The molecule has 0 atom stereocenters. The van der Waals surface area contributed by atoms with Gasteiger partial charge in [0, 0.05) is 33.0 Å². The number of halogens is 2. The Hall–Kier alpha value is -1.53. The molecule has 1 aromatic rings. The van der Waals surface area contributed by atoms with E-state index in [2.05, 4.69) is 10.3 Å². The van der Waals surface area contributed by atoms with Crippen LogP contribution in [-0.2, 0) is 7.05 Å². The molecule has 0 radical (unpaired) electrons. The predicted molar refractivity (Wildman–Crippen MR) is 51.1 cm³/mol. The van der Waals surface area contributed by atoms with Crippen molar-refractivity contribution in [1.82, 2.24) is 19.9 Å². The minimum absolute atomic E-state index is 0.0718. The Morgan fingerprint density at radius 3 is 2.56 bits per heavy atom. The molecule has 88 valence electrons. The Morgan fingerprint density at radius 2 is 2.06 bits per heavy atom. The van der Waals surface area contributed by atoms with Gasteiger partial charge < -0.3 is 4.90 Å². The highest BCUT2D eigenvalue weighted by molar-refractivity contribution is 5.91. The number of piperidine rings is 1. The molecule has 0 aliphatic carbocycles. The lowest BCUT2D eigenvalue weighted by Gasteiger charge is -2.31. The fourth-order valence-corrected chi connectivity index (χ4v) is 1.64. The van der Waals surface area contributed by atoms with E-state index in [1.807, 2.05) is 0 Å². The van der Waals surface area contributed by atoms with Gasteiger partial charge in [-0.2, -0.15) is 0 Å². The molecule has 0 N–H and O–H groups in total. The second-order valence-corrected chi connectivity index (χ2v) is 3.93. The summed E-state index contributed by atoms with van der Waals surface area (Å²) in [5.74, 6) is -2.97. The monoisotopic (exact) mass is 230 g/mol. The number of carbonyl (C=O) groups is 1. The van der Waals surface area contributed by atoms with E-state index in [-0.39, 0.29) is 37.5 Å². The van der Waals surface area contributed by atoms with Gasteiger partial charge >= 0.3 is 0 Å². The Morgan fingerprint density at radius 1 is 1.44 bits per heavy atom. The first-order valence-electron chi connectivity index (χ1n) is 5.01. The van der Waals surface area contributed by atoms with E-state index in [0.717, 1.165) is 0 Å². The van der Waals surface area contributed by atoms with Crippen molar-refractivity contribution in [3.05, 3.63) is 11.9 Å². The normalized spacial score (nSPS) is 19.8. The van der Waals surface area contributed by atoms with Gasteiger partial charge in [0.15, 0.2) is 5.69 Å². The number of hydrogen-bond acceptors (Lipinski definition) is 3. The summed E-state index contributed by atoms with van der Waals surface area (Å²) in [6, 6.07) is 0. The standard InChI is InChI=1S/C9H12F2N4O/c1-14-6-7(12-13-14)8(16)15-4-2-9(10,11)3-5-15/h6H,2-5H2,1H3. The van der Waals surface area contributed by atoms with Crippen molar-refractivity contribution < 1.29 is 13.6 Å². The van der Waals surface area contributed by atoms with Crippen molar-refractivity contribution in [2.75, 3.05) is 13.1 Å². The average molecular weight is 230 g/mol. The fraction of sp³-hybridized carbons (Fsp3) is 0.667. The number of likely N-dealkylation sites (tertiary alicyclic amines) is 1. The molecule has 1 amide bonds. The van der Waals surface area contributed by atoms with Crippen LogP contribution < -0.4 is 0 Å². The van der Waals surface area contributed by atoms with Gasteiger partial charge in [-0.3, -0.25) is 9.48 Å². The summed E-state index contributed by atoms with van der Waals surface area (Å²) in [6.45, 7) is 0.144. The molecule has 2 heterocycles. The number of carbonyl (C=O) groups excluding carboxylic acids is 1. The number of rotatable bonds is 1. The van der Waals surface area contributed by atoms with Gasteiger partial charge in [0.05, 0.1) is 6.20 Å². The third-order valence-electron chi connectivity index (χ3n) is 2.60. The number of alkyl halides is 2. The molecule has 1 saturated heterocycles. The lowest BCUT2D eigenvalue weighted by Crippen LogP contribution is -2.42. The van der Waals surface area contributed by atoms with Gasteiger partial charge in [-0.15, -0.1) is 5.10 Å². The summed E-state index contributed by atoms with van der Waals surface area (Å²) in [5, 5.41) is 7.29. The first-order chi connectivity index (χ1) is 7.48. The molecular weight excluding hydrogens is 218 g/mol. The molecule has 0 spiro atoms. The second-order valence-electron chi connectivity index (χ2n) is 3.93. The summed E-state index contributed by atoms with van der Waals surface area (Å²) in [7, 11) is 1.65. The van der Waals surface area contributed by atoms with Crippen LogP contribution in [0.1, 0.15) is 23.3 Å². The van der Waals surface area contributed by atoms with Crippen LogP contribution in [-0.4, -0.2) is 44.8 Å².